The molecule has 12 aromatic rings. The number of halogens is 4. The Hall–Kier alpha value is -8.76. The van der Waals surface area contributed by atoms with Crippen LogP contribution < -0.4 is 47.4 Å². The number of anilines is 8. The zero-order chi connectivity index (χ0) is 74.4. The van der Waals surface area contributed by atoms with Crippen LogP contribution in [0.3, 0.4) is 0 Å². The number of rotatable bonds is 21. The Balaban J connectivity index is 0.000000120. The highest BCUT2D eigenvalue weighted by Gasteiger charge is 2.66. The van der Waals surface area contributed by atoms with Crippen LogP contribution in [0, 0.1) is 17.3 Å². The SMILES string of the molecule is CC(C)(O)[C@@H]1CCCN1c1cc(NCc2cccnc2)n2ncc(Br)c2n1.CC1(C)C2CN(c3cc(NCc4cccnc4)n4ncc(Br)c4n3)[C@H](CO)C21.NC1CCC(Nc2cc(NCc3cccnc3)n3ncc(Br)c3n2)CC1.OCC1(Nc2cc(NCc3cccnc3)n3ncc(Br)c3n2)CCCC1. The highest BCUT2D eigenvalue weighted by Crippen LogP contribution is 2.65. The van der Waals surface area contributed by atoms with Crippen molar-refractivity contribution in [2.75, 3.05) is 68.0 Å². The van der Waals surface area contributed by atoms with E-state index in [1.165, 1.54) is 0 Å². The summed E-state index contributed by atoms with van der Waals surface area (Å²) in [6.45, 7) is 13.0. The predicted molar refractivity (Wildman–Crippen MR) is 430 cm³/mol. The van der Waals surface area contributed by atoms with E-state index in [9.17, 15) is 15.3 Å². The number of hydrogen-bond donors (Lipinski definition) is 10. The van der Waals surface area contributed by atoms with Crippen molar-refractivity contribution in [3.8, 4) is 0 Å². The molecule has 4 atom stereocenters. The molecule has 2 saturated heterocycles. The number of piperidine rings is 1. The van der Waals surface area contributed by atoms with Gasteiger partial charge in [0, 0.05) is 125 Å². The van der Waals surface area contributed by atoms with Gasteiger partial charge in [-0.05, 0) is 193 Å². The van der Waals surface area contributed by atoms with Crippen molar-refractivity contribution in [1.29, 1.82) is 0 Å². The van der Waals surface area contributed by atoms with E-state index in [1.807, 2.05) is 116 Å². The molecule has 0 aromatic carbocycles. The van der Waals surface area contributed by atoms with Gasteiger partial charge >= 0.3 is 0 Å². The minimum Gasteiger partial charge on any atom is -0.394 e. The van der Waals surface area contributed by atoms with Gasteiger partial charge in [-0.25, -0.2) is 19.9 Å². The van der Waals surface area contributed by atoms with E-state index in [0.717, 1.165) is 187 Å². The van der Waals surface area contributed by atoms with E-state index in [0.29, 0.717) is 55.5 Å². The monoisotopic (exact) mass is 1700 g/mol. The molecule has 5 fully saturated rings. The Morgan fingerprint density at radius 2 is 0.935 bits per heavy atom. The first-order valence-electron chi connectivity index (χ1n) is 36.3. The van der Waals surface area contributed by atoms with Crippen molar-refractivity contribution >= 4 is 133 Å². The molecular formula is C75H89Br4N25O3. The van der Waals surface area contributed by atoms with Gasteiger partial charge in [0.2, 0.25) is 0 Å². The van der Waals surface area contributed by atoms with Crippen LogP contribution in [0.2, 0.25) is 0 Å². The number of nitrogens with zero attached hydrogens (tertiary/aromatic N) is 18. The molecule has 11 N–H and O–H groups in total. The molecule has 5 aliphatic rings. The van der Waals surface area contributed by atoms with Crippen molar-refractivity contribution in [1.82, 2.24) is 78.3 Å². The molecule has 17 rings (SSSR count). The van der Waals surface area contributed by atoms with Gasteiger partial charge in [-0.2, -0.15) is 38.5 Å². The molecule has 2 unspecified atom stereocenters. The molecule has 3 aliphatic carbocycles. The van der Waals surface area contributed by atoms with Gasteiger partial charge in [-0.1, -0.05) is 51.0 Å². The predicted octanol–water partition coefficient (Wildman–Crippen LogP) is 12.6. The second kappa shape index (κ2) is 33.0. The fourth-order valence-electron chi connectivity index (χ4n) is 15.2. The van der Waals surface area contributed by atoms with E-state index in [4.69, 9.17) is 20.7 Å². The fourth-order valence-corrected chi connectivity index (χ4v) is 16.6. The second-order valence-electron chi connectivity index (χ2n) is 29.2. The van der Waals surface area contributed by atoms with E-state index in [-0.39, 0.29) is 30.8 Å². The molecule has 14 heterocycles. The smallest absolute Gasteiger partial charge is 0.173 e. The summed E-state index contributed by atoms with van der Waals surface area (Å²) in [5.41, 5.74) is 12.7. The van der Waals surface area contributed by atoms with Gasteiger partial charge in [-0.15, -0.1) is 0 Å². The van der Waals surface area contributed by atoms with Crippen molar-refractivity contribution < 1.29 is 15.3 Å². The number of pyridine rings is 4. The Morgan fingerprint density at radius 1 is 0.523 bits per heavy atom. The summed E-state index contributed by atoms with van der Waals surface area (Å²) in [6, 6.07) is 24.7. The summed E-state index contributed by atoms with van der Waals surface area (Å²) in [6.07, 6.45) is 31.9. The molecule has 0 radical (unpaired) electrons. The van der Waals surface area contributed by atoms with Gasteiger partial charge < -0.3 is 62.8 Å². The molecule has 107 heavy (non-hydrogen) atoms. The molecule has 560 valence electrons. The quantitative estimate of drug-likeness (QED) is 0.0319. The number of fused-ring (bicyclic) bond motifs is 5. The van der Waals surface area contributed by atoms with E-state index in [1.54, 1.807) is 63.1 Å². The lowest BCUT2D eigenvalue weighted by atomic mass is 9.92. The molecular weight excluding hydrogens is 1620 g/mol. The Labute approximate surface area is 653 Å². The molecule has 3 saturated carbocycles. The molecule has 2 aliphatic heterocycles. The second-order valence-corrected chi connectivity index (χ2v) is 32.6. The standard InChI is InChI=1S/C20H23BrN6O.C19H23BrN6O.C18H22BrN7.C18H21BrN6O/c1-20(2)13-10-26(15(11-28)18(13)20)17-6-16(23-8-12-4-3-5-22-7-12)27-19(25-17)14(21)9-24-27;1-19(2,27)15-6-4-8-25(15)17-9-16(22-11-13-5-3-7-21-10-13)26-18(24-17)14(20)12-23-26;19-15-11-23-26-17(22-10-12-2-1-7-21-9-12)8-16(25-18(15)26)24-14-5-3-13(20)4-6-14;19-14-11-22-25-16(21-10-13-4-3-7-20-9-13)8-15(23-17(14)25)24-18(12-26)5-1-2-6-18/h3-7,9,13,15,18,23,28H,8,10-11H2,1-2H3;3,5,7,9-10,12,15,22,27H,4,6,8,11H2,1-2H3;1-2,7-9,11,13-14,22H,3-6,10,20H2,(H,24,25);3-4,7-9,11,21,26H,1-2,5-6,10,12H2,(H,23,24)/t13?,15-,18?;15-;;/m10../s1. The Morgan fingerprint density at radius 3 is 1.35 bits per heavy atom. The van der Waals surface area contributed by atoms with Gasteiger partial charge in [0.25, 0.3) is 0 Å². The van der Waals surface area contributed by atoms with E-state index in [2.05, 4.69) is 165 Å². The van der Waals surface area contributed by atoms with Gasteiger partial charge in [0.05, 0.1) is 79.1 Å². The summed E-state index contributed by atoms with van der Waals surface area (Å²) in [5, 5.41) is 69.0. The topological polar surface area (TPSA) is 338 Å². The maximum absolute atomic E-state index is 10.6. The number of aromatic nitrogens is 16. The number of hydrogen-bond acceptors (Lipinski definition) is 24. The summed E-state index contributed by atoms with van der Waals surface area (Å²) in [7, 11) is 0. The molecule has 0 spiro atoms. The number of nitrogens with one attached hydrogen (secondary N) is 6. The summed E-state index contributed by atoms with van der Waals surface area (Å²) in [4.78, 5) is 40.2. The van der Waals surface area contributed by atoms with Crippen LogP contribution in [-0.4, -0.2) is 155 Å². The van der Waals surface area contributed by atoms with Crippen molar-refractivity contribution in [2.45, 2.75) is 153 Å². The lowest BCUT2D eigenvalue weighted by Gasteiger charge is -2.34. The van der Waals surface area contributed by atoms with Crippen molar-refractivity contribution in [3.63, 3.8) is 0 Å². The summed E-state index contributed by atoms with van der Waals surface area (Å²) >= 11 is 14.2. The first-order chi connectivity index (χ1) is 51.8. The molecule has 32 heteroatoms. The average molecular weight is 1710 g/mol. The van der Waals surface area contributed by atoms with E-state index < -0.39 is 5.60 Å². The maximum atomic E-state index is 10.6. The minimum absolute atomic E-state index is 0.0420. The highest BCUT2D eigenvalue weighted by atomic mass is 79.9. The lowest BCUT2D eigenvalue weighted by molar-refractivity contribution is 0.0533. The zero-order valence-electron chi connectivity index (χ0n) is 60.0. The van der Waals surface area contributed by atoms with Crippen LogP contribution in [0.4, 0.5) is 46.5 Å². The van der Waals surface area contributed by atoms with Crippen molar-refractivity contribution in [3.05, 3.63) is 187 Å². The van der Waals surface area contributed by atoms with Crippen LogP contribution >= 0.6 is 63.7 Å². The highest BCUT2D eigenvalue weighted by molar-refractivity contribution is 9.11. The van der Waals surface area contributed by atoms with Crippen LogP contribution in [0.25, 0.3) is 22.6 Å². The molecule has 0 bridgehead atoms. The average Bonchev–Trinajstić information content (AvgIpc) is 1.53. The normalized spacial score (nSPS) is 19.9. The fraction of sp³-hybridized carbons (Fsp3) is 0.413. The third kappa shape index (κ3) is 17.2. The van der Waals surface area contributed by atoms with Gasteiger partial charge in [-0.3, -0.25) is 19.9 Å². The van der Waals surface area contributed by atoms with Crippen LogP contribution in [-0.2, 0) is 26.2 Å². The van der Waals surface area contributed by atoms with Gasteiger partial charge in [0.1, 0.15) is 46.5 Å². The van der Waals surface area contributed by atoms with Gasteiger partial charge in [0.15, 0.2) is 22.6 Å². The van der Waals surface area contributed by atoms with Crippen molar-refractivity contribution in [2.24, 2.45) is 23.0 Å². The first-order valence-corrected chi connectivity index (χ1v) is 39.4. The Bertz CT molecular complexity index is 4960. The lowest BCUT2D eigenvalue weighted by Crippen LogP contribution is -2.46. The molecule has 12 aromatic heterocycles. The van der Waals surface area contributed by atoms with Crippen LogP contribution in [0.15, 0.2) is 165 Å². The van der Waals surface area contributed by atoms with E-state index >= 15 is 0 Å². The Kier molecular flexibility index (Phi) is 23.1. The molecule has 28 nitrogen and oxygen atoms in total. The summed E-state index contributed by atoms with van der Waals surface area (Å²) in [5.74, 6) is 7.90. The third-order valence-corrected chi connectivity index (χ3v) is 23.3. The zero-order valence-corrected chi connectivity index (χ0v) is 66.4. The number of aliphatic hydroxyl groups is 3. The van der Waals surface area contributed by atoms with Crippen LogP contribution in [0.1, 0.15) is 114 Å². The van der Waals surface area contributed by atoms with Crippen LogP contribution in [0.5, 0.6) is 0 Å². The molecule has 0 amide bonds. The number of nitrogens with two attached hydrogens (primary N) is 1. The number of aliphatic hydroxyl groups excluding tert-OH is 2. The largest absolute Gasteiger partial charge is 0.394 e. The first kappa shape index (κ1) is 75.1. The maximum Gasteiger partial charge on any atom is 0.173 e. The third-order valence-electron chi connectivity index (χ3n) is 21.0. The minimum atomic E-state index is -0.787. The summed E-state index contributed by atoms with van der Waals surface area (Å²) < 4.78 is 10.6.